The van der Waals surface area contributed by atoms with E-state index < -0.39 is 0 Å². The Morgan fingerprint density at radius 1 is 1.33 bits per heavy atom. The summed E-state index contributed by atoms with van der Waals surface area (Å²) in [6, 6.07) is 8.03. The zero-order chi connectivity index (χ0) is 13.1. The van der Waals surface area contributed by atoms with Gasteiger partial charge in [0.1, 0.15) is 5.75 Å². The minimum absolute atomic E-state index is 0.136. The predicted octanol–water partition coefficient (Wildman–Crippen LogP) is 4.03. The minimum atomic E-state index is 0.136. The van der Waals surface area contributed by atoms with Crippen molar-refractivity contribution >= 4 is 22.9 Å². The van der Waals surface area contributed by atoms with Crippen LogP contribution < -0.4 is 10.1 Å². The summed E-state index contributed by atoms with van der Waals surface area (Å²) in [5.74, 6) is 0.814. The van der Waals surface area contributed by atoms with Crippen molar-refractivity contribution in [3.63, 3.8) is 0 Å². The third-order valence-corrected chi connectivity index (χ3v) is 4.28. The van der Waals surface area contributed by atoms with Gasteiger partial charge >= 0.3 is 0 Å². The summed E-state index contributed by atoms with van der Waals surface area (Å²) in [6.45, 7) is 2.12. The molecule has 1 unspecified atom stereocenters. The number of thiophene rings is 1. The summed E-state index contributed by atoms with van der Waals surface area (Å²) in [5.41, 5.74) is 2.39. The molecule has 96 valence electrons. The van der Waals surface area contributed by atoms with Crippen LogP contribution in [0.3, 0.4) is 0 Å². The number of nitrogens with one attached hydrogen (secondary N) is 1. The van der Waals surface area contributed by atoms with Crippen molar-refractivity contribution in [3.8, 4) is 5.75 Å². The molecular weight excluding hydrogens is 266 g/mol. The second-order valence-corrected chi connectivity index (χ2v) is 5.46. The maximum Gasteiger partial charge on any atom is 0.125 e. The van der Waals surface area contributed by atoms with Crippen molar-refractivity contribution in [2.24, 2.45) is 0 Å². The lowest BCUT2D eigenvalue weighted by atomic mass is 10.0. The highest BCUT2D eigenvalue weighted by Crippen LogP contribution is 2.35. The maximum atomic E-state index is 6.00. The zero-order valence-corrected chi connectivity index (χ0v) is 12.2. The van der Waals surface area contributed by atoms with Gasteiger partial charge in [0, 0.05) is 15.5 Å². The molecule has 2 nitrogen and oxygen atoms in total. The largest absolute Gasteiger partial charge is 0.496 e. The first-order valence-electron chi connectivity index (χ1n) is 5.72. The Hall–Kier alpha value is -1.03. The van der Waals surface area contributed by atoms with Gasteiger partial charge in [-0.3, -0.25) is 0 Å². The van der Waals surface area contributed by atoms with Crippen LogP contribution in [0.1, 0.15) is 22.0 Å². The van der Waals surface area contributed by atoms with E-state index in [9.17, 15) is 0 Å². The molecule has 1 atom stereocenters. The second kappa shape index (κ2) is 5.74. The lowest BCUT2D eigenvalue weighted by Gasteiger charge is -2.19. The van der Waals surface area contributed by atoms with Crippen LogP contribution in [-0.2, 0) is 0 Å². The summed E-state index contributed by atoms with van der Waals surface area (Å²) in [6.07, 6.45) is 0. The first kappa shape index (κ1) is 13.4. The number of ether oxygens (including phenoxy) is 1. The monoisotopic (exact) mass is 281 g/mol. The van der Waals surface area contributed by atoms with Gasteiger partial charge in [-0.05, 0) is 43.1 Å². The van der Waals surface area contributed by atoms with Crippen molar-refractivity contribution in [2.75, 3.05) is 14.2 Å². The molecule has 0 bridgehead atoms. The Labute approximate surface area is 117 Å². The molecule has 2 aromatic rings. The van der Waals surface area contributed by atoms with Gasteiger partial charge in [0.25, 0.3) is 0 Å². The summed E-state index contributed by atoms with van der Waals surface area (Å²) in [4.78, 5) is 1.30. The van der Waals surface area contributed by atoms with E-state index in [1.807, 2.05) is 25.2 Å². The van der Waals surface area contributed by atoms with Crippen molar-refractivity contribution in [1.29, 1.82) is 0 Å². The number of hydrogen-bond donors (Lipinski definition) is 1. The average molecular weight is 282 g/mol. The molecular formula is C14H16ClNOS. The molecule has 1 N–H and O–H groups in total. The van der Waals surface area contributed by atoms with Gasteiger partial charge in [-0.25, -0.2) is 0 Å². The van der Waals surface area contributed by atoms with Crippen LogP contribution in [0.5, 0.6) is 5.75 Å². The molecule has 0 aliphatic heterocycles. The topological polar surface area (TPSA) is 21.3 Å². The fourth-order valence-electron chi connectivity index (χ4n) is 2.03. The molecule has 1 aromatic heterocycles. The number of rotatable bonds is 4. The maximum absolute atomic E-state index is 6.00. The highest BCUT2D eigenvalue weighted by Gasteiger charge is 2.19. The number of halogens is 1. The highest BCUT2D eigenvalue weighted by molar-refractivity contribution is 7.10. The van der Waals surface area contributed by atoms with Gasteiger partial charge < -0.3 is 10.1 Å². The van der Waals surface area contributed by atoms with E-state index in [4.69, 9.17) is 16.3 Å². The Kier molecular flexibility index (Phi) is 4.27. The van der Waals surface area contributed by atoms with Crippen molar-refractivity contribution in [3.05, 3.63) is 50.7 Å². The van der Waals surface area contributed by atoms with E-state index >= 15 is 0 Å². The van der Waals surface area contributed by atoms with Gasteiger partial charge in [-0.1, -0.05) is 17.7 Å². The third kappa shape index (κ3) is 2.53. The van der Waals surface area contributed by atoms with Gasteiger partial charge in [-0.15, -0.1) is 11.3 Å². The summed E-state index contributed by atoms with van der Waals surface area (Å²) in [5, 5.41) is 6.14. The fourth-order valence-corrected chi connectivity index (χ4v) is 3.25. The predicted molar refractivity (Wildman–Crippen MR) is 78.0 cm³/mol. The molecule has 0 aliphatic rings. The number of aryl methyl sites for hydroxylation is 1. The van der Waals surface area contributed by atoms with Crippen molar-refractivity contribution in [2.45, 2.75) is 13.0 Å². The summed E-state index contributed by atoms with van der Waals surface area (Å²) in [7, 11) is 3.63. The Morgan fingerprint density at radius 2 is 2.11 bits per heavy atom. The molecule has 18 heavy (non-hydrogen) atoms. The molecule has 4 heteroatoms. The molecule has 0 saturated carbocycles. The summed E-state index contributed by atoms with van der Waals surface area (Å²) >= 11 is 7.75. The van der Waals surface area contributed by atoms with Crippen LogP contribution in [0.15, 0.2) is 29.6 Å². The van der Waals surface area contributed by atoms with Gasteiger partial charge in [-0.2, -0.15) is 0 Å². The molecule has 1 heterocycles. The number of methoxy groups -OCH3 is 1. The standard InChI is InChI=1S/C14H16ClNOS/c1-9-6-7-18-14(9)13(16-2)11-5-4-10(15)8-12(11)17-3/h4-8,13,16H,1-3H3. The number of hydrogen-bond acceptors (Lipinski definition) is 3. The van der Waals surface area contributed by atoms with E-state index in [1.54, 1.807) is 18.4 Å². The quantitative estimate of drug-likeness (QED) is 0.914. The zero-order valence-electron chi connectivity index (χ0n) is 10.7. The Balaban J connectivity index is 2.48. The van der Waals surface area contributed by atoms with Crippen LogP contribution in [0.2, 0.25) is 5.02 Å². The first-order valence-corrected chi connectivity index (χ1v) is 6.97. The van der Waals surface area contributed by atoms with Crippen molar-refractivity contribution < 1.29 is 4.74 Å². The van der Waals surface area contributed by atoms with E-state index in [-0.39, 0.29) is 6.04 Å². The van der Waals surface area contributed by atoms with E-state index in [2.05, 4.69) is 23.7 Å². The van der Waals surface area contributed by atoms with E-state index in [0.717, 1.165) is 11.3 Å². The van der Waals surface area contributed by atoms with Gasteiger partial charge in [0.05, 0.1) is 13.2 Å². The van der Waals surface area contributed by atoms with Gasteiger partial charge in [0.15, 0.2) is 0 Å². The number of benzene rings is 1. The molecule has 0 amide bonds. The molecule has 0 saturated heterocycles. The SMILES string of the molecule is CNC(c1ccc(Cl)cc1OC)c1sccc1C. The third-order valence-electron chi connectivity index (χ3n) is 2.96. The first-order chi connectivity index (χ1) is 8.67. The lowest BCUT2D eigenvalue weighted by molar-refractivity contribution is 0.405. The fraction of sp³-hybridized carbons (Fsp3) is 0.286. The van der Waals surface area contributed by atoms with Crippen LogP contribution in [0, 0.1) is 6.92 Å². The normalized spacial score (nSPS) is 12.4. The van der Waals surface area contributed by atoms with Gasteiger partial charge in [0.2, 0.25) is 0 Å². The van der Waals surface area contributed by atoms with E-state index in [1.165, 1.54) is 10.4 Å². The Bertz CT molecular complexity index is 538. The smallest absolute Gasteiger partial charge is 0.125 e. The lowest BCUT2D eigenvalue weighted by Crippen LogP contribution is -2.18. The van der Waals surface area contributed by atoms with Crippen LogP contribution in [0.25, 0.3) is 0 Å². The summed E-state index contributed by atoms with van der Waals surface area (Å²) < 4.78 is 5.43. The van der Waals surface area contributed by atoms with E-state index in [0.29, 0.717) is 5.02 Å². The van der Waals surface area contributed by atoms with Crippen LogP contribution in [0.4, 0.5) is 0 Å². The minimum Gasteiger partial charge on any atom is -0.496 e. The molecule has 2 rings (SSSR count). The molecule has 0 aliphatic carbocycles. The van der Waals surface area contributed by atoms with Crippen molar-refractivity contribution in [1.82, 2.24) is 5.32 Å². The molecule has 0 fully saturated rings. The Morgan fingerprint density at radius 3 is 2.67 bits per heavy atom. The highest BCUT2D eigenvalue weighted by atomic mass is 35.5. The molecule has 0 radical (unpaired) electrons. The second-order valence-electron chi connectivity index (χ2n) is 4.08. The average Bonchev–Trinajstić information content (AvgIpc) is 2.78. The van der Waals surface area contributed by atoms with Crippen LogP contribution >= 0.6 is 22.9 Å². The van der Waals surface area contributed by atoms with Crippen LogP contribution in [-0.4, -0.2) is 14.2 Å². The molecule has 0 spiro atoms. The molecule has 1 aromatic carbocycles.